The van der Waals surface area contributed by atoms with Gasteiger partial charge in [0, 0.05) is 37.5 Å². The van der Waals surface area contributed by atoms with Crippen molar-refractivity contribution < 1.29 is 13.2 Å². The van der Waals surface area contributed by atoms with Crippen LogP contribution >= 0.6 is 0 Å². The molecule has 1 saturated heterocycles. The zero-order chi connectivity index (χ0) is 22.8. The number of piperazine rings is 1. The molecule has 166 valence electrons. The van der Waals surface area contributed by atoms with E-state index in [1.54, 1.807) is 0 Å². The van der Waals surface area contributed by atoms with E-state index in [0.29, 0.717) is 25.6 Å². The summed E-state index contributed by atoms with van der Waals surface area (Å²) in [5.74, 6) is -0.784. The third-order valence-corrected chi connectivity index (χ3v) is 5.68. The van der Waals surface area contributed by atoms with Crippen LogP contribution in [0.3, 0.4) is 0 Å². The van der Waals surface area contributed by atoms with Gasteiger partial charge in [-0.1, -0.05) is 32.0 Å². The molecular formula is C23H24F2N6O. The van der Waals surface area contributed by atoms with E-state index in [1.165, 1.54) is 0 Å². The lowest BCUT2D eigenvalue weighted by molar-refractivity contribution is 0.220. The number of rotatable bonds is 3. The molecule has 1 N–H and O–H groups in total. The molecule has 32 heavy (non-hydrogen) atoms. The standard InChI is InChI=1S/C23H24F2N6O/c1-14(2)20-12-30(23-29-19-11-16(24)10-17(25)21(19)32-23)8-9-31(20)22(27-13-26)28-18-7-5-4-6-15(18)3/h4-7,10-11,14,20H,8-9,12H2,1-3H3,(H,27,28). The van der Waals surface area contributed by atoms with Gasteiger partial charge in [-0.2, -0.15) is 10.2 Å². The van der Waals surface area contributed by atoms with Gasteiger partial charge in [0.05, 0.1) is 6.04 Å². The van der Waals surface area contributed by atoms with Crippen molar-refractivity contribution in [3.8, 4) is 6.19 Å². The maximum atomic E-state index is 14.1. The average molecular weight is 438 g/mol. The van der Waals surface area contributed by atoms with Crippen molar-refractivity contribution in [2.75, 3.05) is 29.9 Å². The van der Waals surface area contributed by atoms with Crippen LogP contribution in [0.1, 0.15) is 19.4 Å². The molecule has 4 rings (SSSR count). The highest BCUT2D eigenvalue weighted by Gasteiger charge is 2.34. The van der Waals surface area contributed by atoms with Gasteiger partial charge in [0.15, 0.2) is 11.4 Å². The van der Waals surface area contributed by atoms with Gasteiger partial charge in [-0.25, -0.2) is 8.78 Å². The van der Waals surface area contributed by atoms with Crippen LogP contribution in [0.2, 0.25) is 0 Å². The van der Waals surface area contributed by atoms with Crippen molar-refractivity contribution in [2.24, 2.45) is 10.9 Å². The second kappa shape index (κ2) is 8.83. The van der Waals surface area contributed by atoms with Crippen LogP contribution in [0.15, 0.2) is 45.8 Å². The van der Waals surface area contributed by atoms with Gasteiger partial charge in [-0.15, -0.1) is 4.99 Å². The van der Waals surface area contributed by atoms with E-state index in [0.717, 1.165) is 23.4 Å². The van der Waals surface area contributed by atoms with E-state index < -0.39 is 11.6 Å². The molecule has 0 radical (unpaired) electrons. The predicted molar refractivity (Wildman–Crippen MR) is 119 cm³/mol. The number of benzene rings is 2. The highest BCUT2D eigenvalue weighted by atomic mass is 19.1. The Labute approximate surface area is 185 Å². The Hall–Kier alpha value is -3.67. The number of para-hydroxylation sites is 1. The summed E-state index contributed by atoms with van der Waals surface area (Å²) in [7, 11) is 0. The van der Waals surface area contributed by atoms with E-state index in [2.05, 4.69) is 34.0 Å². The maximum absolute atomic E-state index is 14.1. The SMILES string of the molecule is Cc1ccccc1N/C(=N/C#N)N1CCN(c2nc3cc(F)cc(F)c3o2)CC1C(C)C. The van der Waals surface area contributed by atoms with Gasteiger partial charge in [0.2, 0.25) is 12.2 Å². The largest absolute Gasteiger partial charge is 0.420 e. The molecule has 2 heterocycles. The van der Waals surface area contributed by atoms with Crippen molar-refractivity contribution in [1.82, 2.24) is 9.88 Å². The van der Waals surface area contributed by atoms with Crippen molar-refractivity contribution in [2.45, 2.75) is 26.8 Å². The summed E-state index contributed by atoms with van der Waals surface area (Å²) in [6.45, 7) is 7.73. The van der Waals surface area contributed by atoms with E-state index in [-0.39, 0.29) is 29.1 Å². The summed E-state index contributed by atoms with van der Waals surface area (Å²) in [5.41, 5.74) is 2.01. The molecular weight excluding hydrogens is 414 g/mol. The summed E-state index contributed by atoms with van der Waals surface area (Å²) < 4.78 is 33.3. The fraction of sp³-hybridized carbons (Fsp3) is 0.348. The van der Waals surface area contributed by atoms with Gasteiger partial charge >= 0.3 is 0 Å². The van der Waals surface area contributed by atoms with Crippen LogP contribution in [-0.2, 0) is 0 Å². The number of halogens is 2. The summed E-state index contributed by atoms with van der Waals surface area (Å²) in [4.78, 5) is 12.3. The molecule has 0 bridgehead atoms. The highest BCUT2D eigenvalue weighted by molar-refractivity contribution is 5.95. The molecule has 1 atom stereocenters. The van der Waals surface area contributed by atoms with Crippen molar-refractivity contribution in [1.29, 1.82) is 5.26 Å². The fourth-order valence-electron chi connectivity index (χ4n) is 3.95. The number of aryl methyl sites for hydroxylation is 1. The zero-order valence-electron chi connectivity index (χ0n) is 18.1. The Morgan fingerprint density at radius 2 is 2.06 bits per heavy atom. The topological polar surface area (TPSA) is 80.7 Å². The molecule has 0 saturated carbocycles. The molecule has 0 aliphatic carbocycles. The first-order valence-corrected chi connectivity index (χ1v) is 10.4. The second-order valence-corrected chi connectivity index (χ2v) is 8.16. The Kier molecular flexibility index (Phi) is 5.95. The normalized spacial score (nSPS) is 17.2. The lowest BCUT2D eigenvalue weighted by atomic mass is 10.00. The number of guanidine groups is 1. The van der Waals surface area contributed by atoms with Gasteiger partial charge < -0.3 is 19.5 Å². The molecule has 1 aromatic heterocycles. The molecule has 2 aromatic carbocycles. The van der Waals surface area contributed by atoms with Crippen LogP contribution in [0.5, 0.6) is 0 Å². The van der Waals surface area contributed by atoms with E-state index in [1.807, 2.05) is 42.3 Å². The van der Waals surface area contributed by atoms with Crippen molar-refractivity contribution >= 4 is 28.8 Å². The molecule has 7 nitrogen and oxygen atoms in total. The first-order chi connectivity index (χ1) is 15.4. The summed E-state index contributed by atoms with van der Waals surface area (Å²) in [6.07, 6.45) is 1.90. The van der Waals surface area contributed by atoms with Crippen LogP contribution in [0, 0.1) is 35.9 Å². The van der Waals surface area contributed by atoms with Gasteiger partial charge in [0.25, 0.3) is 6.01 Å². The van der Waals surface area contributed by atoms with E-state index in [4.69, 9.17) is 4.42 Å². The van der Waals surface area contributed by atoms with Crippen LogP contribution < -0.4 is 10.2 Å². The first kappa shape index (κ1) is 21.6. The Morgan fingerprint density at radius 1 is 1.28 bits per heavy atom. The Balaban J connectivity index is 1.60. The lowest BCUT2D eigenvalue weighted by Gasteiger charge is -2.44. The molecule has 0 spiro atoms. The number of aliphatic imine (C=N–C) groups is 1. The minimum atomic E-state index is -0.774. The number of hydrogen-bond donors (Lipinski definition) is 1. The molecule has 3 aromatic rings. The summed E-state index contributed by atoms with van der Waals surface area (Å²) in [6, 6.07) is 9.97. The first-order valence-electron chi connectivity index (χ1n) is 10.4. The number of nitrogens with one attached hydrogen (secondary N) is 1. The monoisotopic (exact) mass is 438 g/mol. The number of nitriles is 1. The number of anilines is 2. The maximum Gasteiger partial charge on any atom is 0.298 e. The van der Waals surface area contributed by atoms with Crippen molar-refractivity contribution in [3.63, 3.8) is 0 Å². The molecule has 1 unspecified atom stereocenters. The number of fused-ring (bicyclic) bond motifs is 1. The van der Waals surface area contributed by atoms with Crippen LogP contribution in [0.4, 0.5) is 20.5 Å². The minimum absolute atomic E-state index is 0.0241. The molecule has 1 aliphatic heterocycles. The molecule has 0 amide bonds. The molecule has 1 fully saturated rings. The average Bonchev–Trinajstić information content (AvgIpc) is 3.19. The number of hydrogen-bond acceptors (Lipinski definition) is 5. The van der Waals surface area contributed by atoms with Gasteiger partial charge in [0.1, 0.15) is 11.3 Å². The molecule has 1 aliphatic rings. The van der Waals surface area contributed by atoms with Crippen LogP contribution in [0.25, 0.3) is 11.1 Å². The van der Waals surface area contributed by atoms with E-state index >= 15 is 0 Å². The minimum Gasteiger partial charge on any atom is -0.420 e. The third-order valence-electron chi connectivity index (χ3n) is 5.68. The van der Waals surface area contributed by atoms with Crippen LogP contribution in [-0.4, -0.2) is 41.5 Å². The quantitative estimate of drug-likeness (QED) is 0.368. The summed E-state index contributed by atoms with van der Waals surface area (Å²) >= 11 is 0. The van der Waals surface area contributed by atoms with Gasteiger partial charge in [-0.3, -0.25) is 0 Å². The lowest BCUT2D eigenvalue weighted by Crippen LogP contribution is -2.58. The van der Waals surface area contributed by atoms with E-state index in [9.17, 15) is 14.0 Å². The second-order valence-electron chi connectivity index (χ2n) is 8.16. The molecule has 9 heteroatoms. The smallest absolute Gasteiger partial charge is 0.298 e. The van der Waals surface area contributed by atoms with Gasteiger partial charge in [-0.05, 0) is 24.5 Å². The number of oxazole rings is 1. The number of nitrogens with zero attached hydrogens (tertiary/aromatic N) is 5. The number of aromatic nitrogens is 1. The Bertz CT molecular complexity index is 1200. The third kappa shape index (κ3) is 4.21. The predicted octanol–water partition coefficient (Wildman–Crippen LogP) is 4.51. The fourth-order valence-corrected chi connectivity index (χ4v) is 3.95. The van der Waals surface area contributed by atoms with Crippen molar-refractivity contribution in [3.05, 3.63) is 53.6 Å². The zero-order valence-corrected chi connectivity index (χ0v) is 18.1. The Morgan fingerprint density at radius 3 is 2.78 bits per heavy atom. The summed E-state index contributed by atoms with van der Waals surface area (Å²) in [5, 5.41) is 12.6. The highest BCUT2D eigenvalue weighted by Crippen LogP contribution is 2.28.